The molecule has 1 aromatic heterocycles. The summed E-state index contributed by atoms with van der Waals surface area (Å²) >= 11 is 1.53. The molecule has 3 rings (SSSR count). The van der Waals surface area contributed by atoms with Crippen LogP contribution in [0.15, 0.2) is 41.8 Å². The van der Waals surface area contributed by atoms with Crippen LogP contribution in [-0.2, 0) is 17.5 Å². The predicted molar refractivity (Wildman–Crippen MR) is 92.5 cm³/mol. The largest absolute Gasteiger partial charge is 0.416 e. The number of carbonyl (C=O) groups excluding carboxylic acids is 1. The fraction of sp³-hybridized carbons (Fsp3) is 0.389. The van der Waals surface area contributed by atoms with Gasteiger partial charge >= 0.3 is 6.18 Å². The lowest BCUT2D eigenvalue weighted by Gasteiger charge is -2.24. The van der Waals surface area contributed by atoms with Crippen LogP contribution in [0.2, 0.25) is 0 Å². The Balaban J connectivity index is 1.67. The number of carbonyl (C=O) groups is 1. The molecule has 1 aromatic carbocycles. The number of likely N-dealkylation sites (tertiary alicyclic amines) is 1. The van der Waals surface area contributed by atoms with Gasteiger partial charge in [0.2, 0.25) is 5.91 Å². The van der Waals surface area contributed by atoms with Gasteiger partial charge in [0.25, 0.3) is 0 Å². The Kier molecular flexibility index (Phi) is 5.64. The summed E-state index contributed by atoms with van der Waals surface area (Å²) in [6.45, 7) is 0.706. The van der Waals surface area contributed by atoms with Crippen molar-refractivity contribution in [2.75, 3.05) is 13.1 Å². The molecule has 1 saturated heterocycles. The molecule has 0 aliphatic carbocycles. The van der Waals surface area contributed by atoms with Gasteiger partial charge in [0.05, 0.1) is 24.8 Å². The second-order valence-corrected chi connectivity index (χ2v) is 7.35. The topological polar surface area (TPSA) is 52.6 Å². The van der Waals surface area contributed by atoms with Crippen molar-refractivity contribution in [3.8, 4) is 0 Å². The van der Waals surface area contributed by atoms with Crippen molar-refractivity contribution in [3.05, 3.63) is 57.8 Å². The fourth-order valence-corrected chi connectivity index (χ4v) is 3.81. The Labute approximate surface area is 153 Å². The predicted octanol–water partition coefficient (Wildman–Crippen LogP) is 3.19. The standard InChI is InChI=1S/C18H19F3N2O2S/c19-18(20,21)13-4-1-3-12(7-13)16-8-14(24)10-23(16)11-17(25)22-9-15-5-2-6-26-15/h1-7,14,16,24H,8-11H2,(H,22,25)/t14-,16-/m0/s1. The maximum atomic E-state index is 12.9. The molecule has 0 unspecified atom stereocenters. The van der Waals surface area contributed by atoms with Gasteiger partial charge in [-0.2, -0.15) is 13.2 Å². The average molecular weight is 384 g/mol. The molecule has 0 spiro atoms. The van der Waals surface area contributed by atoms with Crippen molar-refractivity contribution in [2.24, 2.45) is 0 Å². The van der Waals surface area contributed by atoms with E-state index in [0.717, 1.165) is 17.0 Å². The van der Waals surface area contributed by atoms with E-state index in [1.54, 1.807) is 11.0 Å². The van der Waals surface area contributed by atoms with Crippen LogP contribution >= 0.6 is 11.3 Å². The number of alkyl halides is 3. The zero-order valence-corrected chi connectivity index (χ0v) is 14.7. The maximum Gasteiger partial charge on any atom is 0.416 e. The molecule has 140 valence electrons. The first-order valence-corrected chi connectivity index (χ1v) is 9.09. The molecule has 0 radical (unpaired) electrons. The number of β-amino-alcohol motifs (C(OH)–C–C–N with tert-alkyl or cyclic N) is 1. The number of hydrogen-bond acceptors (Lipinski definition) is 4. The summed E-state index contributed by atoms with van der Waals surface area (Å²) < 4.78 is 38.8. The molecule has 8 heteroatoms. The molecule has 0 bridgehead atoms. The number of benzene rings is 1. The Morgan fingerprint density at radius 3 is 2.81 bits per heavy atom. The smallest absolute Gasteiger partial charge is 0.392 e. The lowest BCUT2D eigenvalue weighted by molar-refractivity contribution is -0.137. The molecule has 1 aliphatic rings. The number of rotatable bonds is 5. The van der Waals surface area contributed by atoms with E-state index >= 15 is 0 Å². The summed E-state index contributed by atoms with van der Waals surface area (Å²) in [5.41, 5.74) is -0.263. The number of thiophene rings is 1. The monoisotopic (exact) mass is 384 g/mol. The Morgan fingerprint density at radius 1 is 1.31 bits per heavy atom. The number of nitrogens with one attached hydrogen (secondary N) is 1. The SMILES string of the molecule is O=C(CN1C[C@@H](O)C[C@H]1c1cccc(C(F)(F)F)c1)NCc1cccs1. The Morgan fingerprint density at radius 2 is 2.12 bits per heavy atom. The average Bonchev–Trinajstić information content (AvgIpc) is 3.22. The Hall–Kier alpha value is -1.90. The summed E-state index contributed by atoms with van der Waals surface area (Å²) in [4.78, 5) is 14.9. The van der Waals surface area contributed by atoms with Crippen molar-refractivity contribution in [1.29, 1.82) is 0 Å². The molecule has 2 atom stereocenters. The van der Waals surface area contributed by atoms with Crippen LogP contribution in [0.1, 0.15) is 28.5 Å². The lowest BCUT2D eigenvalue weighted by atomic mass is 10.0. The van der Waals surface area contributed by atoms with Crippen molar-refractivity contribution < 1.29 is 23.1 Å². The number of aliphatic hydroxyl groups excluding tert-OH is 1. The maximum absolute atomic E-state index is 12.9. The highest BCUT2D eigenvalue weighted by Crippen LogP contribution is 2.35. The highest BCUT2D eigenvalue weighted by molar-refractivity contribution is 7.09. The van der Waals surface area contributed by atoms with Gasteiger partial charge in [0.1, 0.15) is 0 Å². The van der Waals surface area contributed by atoms with Crippen LogP contribution in [0, 0.1) is 0 Å². The van der Waals surface area contributed by atoms with Crippen molar-refractivity contribution in [2.45, 2.75) is 31.3 Å². The number of amides is 1. The third-order valence-electron chi connectivity index (χ3n) is 4.37. The lowest BCUT2D eigenvalue weighted by Crippen LogP contribution is -2.37. The van der Waals surface area contributed by atoms with Gasteiger partial charge in [-0.3, -0.25) is 9.69 Å². The minimum Gasteiger partial charge on any atom is -0.392 e. The first-order valence-electron chi connectivity index (χ1n) is 8.21. The minimum atomic E-state index is -4.42. The number of aliphatic hydroxyl groups is 1. The van der Waals surface area contributed by atoms with E-state index in [1.165, 1.54) is 17.4 Å². The van der Waals surface area contributed by atoms with Gasteiger partial charge < -0.3 is 10.4 Å². The van der Waals surface area contributed by atoms with E-state index in [1.807, 2.05) is 17.5 Å². The first-order chi connectivity index (χ1) is 12.3. The van der Waals surface area contributed by atoms with E-state index in [9.17, 15) is 23.1 Å². The van der Waals surface area contributed by atoms with Crippen LogP contribution in [0.3, 0.4) is 0 Å². The summed E-state index contributed by atoms with van der Waals surface area (Å²) in [6, 6.07) is 8.47. The molecule has 2 N–H and O–H groups in total. The third kappa shape index (κ3) is 4.63. The highest BCUT2D eigenvalue weighted by Gasteiger charge is 2.35. The van der Waals surface area contributed by atoms with Crippen LogP contribution in [0.5, 0.6) is 0 Å². The molecule has 2 aromatic rings. The van der Waals surface area contributed by atoms with E-state index < -0.39 is 23.9 Å². The second-order valence-electron chi connectivity index (χ2n) is 6.31. The Bertz CT molecular complexity index is 749. The molecular formula is C18H19F3N2O2S. The van der Waals surface area contributed by atoms with E-state index in [-0.39, 0.29) is 19.0 Å². The fourth-order valence-electron chi connectivity index (χ4n) is 3.16. The van der Waals surface area contributed by atoms with Crippen molar-refractivity contribution in [1.82, 2.24) is 10.2 Å². The molecule has 1 aliphatic heterocycles. The minimum absolute atomic E-state index is 0.0311. The highest BCUT2D eigenvalue weighted by atomic mass is 32.1. The van der Waals surface area contributed by atoms with Gasteiger partial charge in [0, 0.05) is 17.5 Å². The van der Waals surface area contributed by atoms with Crippen molar-refractivity contribution in [3.63, 3.8) is 0 Å². The van der Waals surface area contributed by atoms with E-state index in [4.69, 9.17) is 0 Å². The van der Waals surface area contributed by atoms with Crippen LogP contribution in [0.4, 0.5) is 13.2 Å². The normalized spacial score (nSPS) is 21.1. The van der Waals surface area contributed by atoms with Gasteiger partial charge in [0.15, 0.2) is 0 Å². The van der Waals surface area contributed by atoms with E-state index in [0.29, 0.717) is 18.5 Å². The molecule has 1 amide bonds. The van der Waals surface area contributed by atoms with Crippen molar-refractivity contribution >= 4 is 17.2 Å². The summed E-state index contributed by atoms with van der Waals surface area (Å²) in [6.07, 6.45) is -4.78. The summed E-state index contributed by atoms with van der Waals surface area (Å²) in [5.74, 6) is -0.218. The molecule has 26 heavy (non-hydrogen) atoms. The van der Waals surface area contributed by atoms with Crippen LogP contribution < -0.4 is 5.32 Å². The van der Waals surface area contributed by atoms with Gasteiger partial charge in [-0.25, -0.2) is 0 Å². The summed E-state index contributed by atoms with van der Waals surface area (Å²) in [5, 5.41) is 14.7. The molecular weight excluding hydrogens is 365 g/mol. The zero-order chi connectivity index (χ0) is 18.7. The molecule has 2 heterocycles. The van der Waals surface area contributed by atoms with Crippen LogP contribution in [-0.4, -0.2) is 35.1 Å². The molecule has 1 fully saturated rings. The van der Waals surface area contributed by atoms with Gasteiger partial charge in [-0.15, -0.1) is 11.3 Å². The van der Waals surface area contributed by atoms with Crippen LogP contribution in [0.25, 0.3) is 0 Å². The number of nitrogens with zero attached hydrogens (tertiary/aromatic N) is 1. The third-order valence-corrected chi connectivity index (χ3v) is 5.24. The quantitative estimate of drug-likeness (QED) is 0.833. The summed E-state index contributed by atoms with van der Waals surface area (Å²) in [7, 11) is 0. The zero-order valence-electron chi connectivity index (χ0n) is 13.9. The van der Waals surface area contributed by atoms with E-state index in [2.05, 4.69) is 5.32 Å². The molecule has 4 nitrogen and oxygen atoms in total. The van der Waals surface area contributed by atoms with Gasteiger partial charge in [-0.05, 0) is 35.6 Å². The number of halogens is 3. The molecule has 0 saturated carbocycles. The second kappa shape index (κ2) is 7.77. The van der Waals surface area contributed by atoms with Gasteiger partial charge in [-0.1, -0.05) is 18.2 Å². The first kappa shape index (κ1) is 18.9. The number of hydrogen-bond donors (Lipinski definition) is 2.